The van der Waals surface area contributed by atoms with Gasteiger partial charge in [-0.05, 0) is 12.1 Å². The van der Waals surface area contributed by atoms with Crippen molar-refractivity contribution in [2.24, 2.45) is 4.99 Å². The van der Waals surface area contributed by atoms with E-state index in [9.17, 15) is 35.2 Å². The summed E-state index contributed by atoms with van der Waals surface area (Å²) >= 11 is 0. The van der Waals surface area contributed by atoms with E-state index in [4.69, 9.17) is 0 Å². The molecule has 2 aromatic carbocycles. The number of fused-ring (bicyclic) bond motifs is 1. The van der Waals surface area contributed by atoms with Gasteiger partial charge in [0.1, 0.15) is 12.4 Å². The van der Waals surface area contributed by atoms with Crippen LogP contribution in [0.2, 0.25) is 0 Å². The van der Waals surface area contributed by atoms with Crippen molar-refractivity contribution in [1.29, 1.82) is 0 Å². The van der Waals surface area contributed by atoms with E-state index in [1.807, 2.05) is 0 Å². The summed E-state index contributed by atoms with van der Waals surface area (Å²) < 4.78 is 96.8. The van der Waals surface area contributed by atoms with Gasteiger partial charge in [-0.1, -0.05) is 12.1 Å². The normalized spacial score (nSPS) is 15.8. The van der Waals surface area contributed by atoms with Crippen molar-refractivity contribution in [3.8, 4) is 0 Å². The van der Waals surface area contributed by atoms with Gasteiger partial charge in [0.2, 0.25) is 5.82 Å². The van der Waals surface area contributed by atoms with Gasteiger partial charge in [0.15, 0.2) is 23.3 Å². The summed E-state index contributed by atoms with van der Waals surface area (Å²) in [4.78, 5) is 15.6. The molecule has 3 rings (SSSR count). The summed E-state index contributed by atoms with van der Waals surface area (Å²) in [6.45, 7) is -1.42. The third kappa shape index (κ3) is 3.92. The first-order chi connectivity index (χ1) is 13.6. The van der Waals surface area contributed by atoms with E-state index in [1.165, 1.54) is 18.2 Å². The summed E-state index contributed by atoms with van der Waals surface area (Å²) in [6, 6.07) is 6.00. The lowest BCUT2D eigenvalue weighted by Gasteiger charge is -2.09. The van der Waals surface area contributed by atoms with Crippen LogP contribution in [0.25, 0.3) is 0 Å². The maximum Gasteiger partial charge on any atom is 0.308 e. The number of hydrogen-bond donors (Lipinski definition) is 1. The Morgan fingerprint density at radius 1 is 0.966 bits per heavy atom. The summed E-state index contributed by atoms with van der Waals surface area (Å²) in [5, 5.41) is 0. The second kappa shape index (κ2) is 7.78. The Bertz CT molecular complexity index is 1110. The zero-order valence-corrected chi connectivity index (χ0v) is 15.1. The summed E-state index contributed by atoms with van der Waals surface area (Å²) in [5.41, 5.74) is -0.971. The molecule has 0 bridgehead atoms. The van der Waals surface area contributed by atoms with Crippen LogP contribution in [0.3, 0.4) is 0 Å². The molecule has 0 aromatic heterocycles. The van der Waals surface area contributed by atoms with E-state index in [0.717, 1.165) is 0 Å². The quantitative estimate of drug-likeness (QED) is 0.339. The lowest BCUT2D eigenvalue weighted by molar-refractivity contribution is -0.144. The number of carbonyl (C=O) groups excluding carboxylic acids is 1. The Morgan fingerprint density at radius 3 is 2.21 bits per heavy atom. The smallest absolute Gasteiger partial charge is 0.308 e. The minimum absolute atomic E-state index is 0.00756. The molecule has 0 unspecified atom stereocenters. The number of amidine groups is 1. The lowest BCUT2D eigenvalue weighted by atomic mass is 10.2. The van der Waals surface area contributed by atoms with E-state index >= 15 is 0 Å². The van der Waals surface area contributed by atoms with E-state index in [0.29, 0.717) is 5.56 Å². The average molecular weight is 434 g/mol. The Kier molecular flexibility index (Phi) is 5.55. The van der Waals surface area contributed by atoms with Crippen LogP contribution >= 0.6 is 0 Å². The molecule has 12 heteroatoms. The molecule has 1 aliphatic heterocycles. The van der Waals surface area contributed by atoms with Crippen molar-refractivity contribution < 1.29 is 39.9 Å². The largest absolute Gasteiger partial charge is 0.461 e. The van der Waals surface area contributed by atoms with Crippen LogP contribution in [0.4, 0.5) is 22.0 Å². The highest BCUT2D eigenvalue weighted by atomic mass is 32.2. The molecule has 0 saturated heterocycles. The molecular weight excluding hydrogens is 423 g/mol. The molecule has 0 spiro atoms. The molecule has 0 aliphatic carbocycles. The van der Waals surface area contributed by atoms with Gasteiger partial charge in [-0.25, -0.2) is 30.4 Å². The van der Waals surface area contributed by atoms with Crippen molar-refractivity contribution in [3.05, 3.63) is 64.5 Å². The van der Waals surface area contributed by atoms with Gasteiger partial charge < -0.3 is 4.74 Å². The maximum atomic E-state index is 13.5. The van der Waals surface area contributed by atoms with Crippen LogP contribution in [0.15, 0.2) is 34.2 Å². The molecule has 0 amide bonds. The Hall–Kier alpha value is -3.02. The summed E-state index contributed by atoms with van der Waals surface area (Å²) in [7, 11) is -3.75. The van der Waals surface area contributed by atoms with Crippen LogP contribution < -0.4 is 4.72 Å². The van der Waals surface area contributed by atoms with Crippen LogP contribution in [0.1, 0.15) is 17.5 Å². The van der Waals surface area contributed by atoms with Crippen molar-refractivity contribution in [2.75, 3.05) is 6.54 Å². The fraction of sp³-hybridized carbons (Fsp3) is 0.176. The number of halogens is 5. The number of esters is 1. The van der Waals surface area contributed by atoms with Gasteiger partial charge in [0.05, 0.1) is 23.4 Å². The highest BCUT2D eigenvalue weighted by Gasteiger charge is 2.30. The van der Waals surface area contributed by atoms with Gasteiger partial charge in [-0.2, -0.15) is 0 Å². The molecule has 0 atom stereocenters. The van der Waals surface area contributed by atoms with Crippen LogP contribution in [-0.4, -0.2) is 26.8 Å². The zero-order chi connectivity index (χ0) is 21.3. The summed E-state index contributed by atoms with van der Waals surface area (Å²) in [5.74, 6) is -11.8. The first-order valence-electron chi connectivity index (χ1n) is 7.96. The molecule has 154 valence electrons. The molecule has 2 aromatic rings. The number of aliphatic imine (C=N–C) groups is 1. The average Bonchev–Trinajstić information content (AvgIpc) is 2.95. The van der Waals surface area contributed by atoms with Crippen molar-refractivity contribution in [1.82, 2.24) is 4.72 Å². The zero-order valence-electron chi connectivity index (χ0n) is 14.3. The third-order valence-electron chi connectivity index (χ3n) is 3.93. The summed E-state index contributed by atoms with van der Waals surface area (Å²) in [6.07, 6.45) is -0.428. The fourth-order valence-electron chi connectivity index (χ4n) is 2.51. The molecular formula is C17H11F5N2O4S. The highest BCUT2D eigenvalue weighted by Crippen LogP contribution is 2.24. The van der Waals surface area contributed by atoms with Gasteiger partial charge in [-0.15, -0.1) is 0 Å². The standard InChI is InChI=1S/C17H11F5N2O4S/c18-12-9(13(19)15(21)16(22)14(12)20)7-28-11(25)5-6-23-17-8-3-1-2-4-10(8)29(26,27)24-17/h1-4H,5-7H2,(H,23,24). The Morgan fingerprint density at radius 2 is 1.55 bits per heavy atom. The van der Waals surface area contributed by atoms with Gasteiger partial charge in [0, 0.05) is 5.56 Å². The van der Waals surface area contributed by atoms with E-state index in [-0.39, 0.29) is 17.3 Å². The van der Waals surface area contributed by atoms with Crippen LogP contribution in [-0.2, 0) is 26.2 Å². The van der Waals surface area contributed by atoms with E-state index in [1.54, 1.807) is 6.07 Å². The predicted octanol–water partition coefficient (Wildman–Crippen LogP) is 2.55. The van der Waals surface area contributed by atoms with Crippen LogP contribution in [0, 0.1) is 29.1 Å². The Labute approximate surface area is 161 Å². The van der Waals surface area contributed by atoms with Gasteiger partial charge in [0.25, 0.3) is 10.0 Å². The van der Waals surface area contributed by atoms with E-state index < -0.39 is 63.7 Å². The minimum Gasteiger partial charge on any atom is -0.461 e. The molecule has 29 heavy (non-hydrogen) atoms. The van der Waals surface area contributed by atoms with Crippen molar-refractivity contribution in [3.63, 3.8) is 0 Å². The molecule has 1 aliphatic rings. The number of hydrogen-bond acceptors (Lipinski definition) is 5. The minimum atomic E-state index is -3.75. The number of nitrogens with one attached hydrogen (secondary N) is 1. The van der Waals surface area contributed by atoms with Gasteiger partial charge >= 0.3 is 5.97 Å². The predicted molar refractivity (Wildman–Crippen MR) is 88.8 cm³/mol. The third-order valence-corrected chi connectivity index (χ3v) is 5.32. The first-order valence-corrected chi connectivity index (χ1v) is 9.44. The number of sulfonamides is 1. The number of rotatable bonds is 5. The molecule has 1 N–H and O–H groups in total. The molecule has 1 heterocycles. The number of nitrogens with zero attached hydrogens (tertiary/aromatic N) is 1. The first kappa shape index (κ1) is 20.7. The second-order valence-electron chi connectivity index (χ2n) is 5.79. The molecule has 6 nitrogen and oxygen atoms in total. The fourth-order valence-corrected chi connectivity index (χ4v) is 3.76. The number of ether oxygens (including phenoxy) is 1. The van der Waals surface area contributed by atoms with Gasteiger partial charge in [-0.3, -0.25) is 14.5 Å². The molecule has 0 radical (unpaired) electrons. The SMILES string of the molecule is O=C(CCN=C1NS(=O)(=O)c2ccccc21)OCc1c(F)c(F)c(F)c(F)c1F. The van der Waals surface area contributed by atoms with Crippen molar-refractivity contribution >= 4 is 21.8 Å². The van der Waals surface area contributed by atoms with Crippen molar-refractivity contribution in [2.45, 2.75) is 17.9 Å². The topological polar surface area (TPSA) is 84.8 Å². The van der Waals surface area contributed by atoms with Crippen LogP contribution in [0.5, 0.6) is 0 Å². The number of benzene rings is 2. The molecule has 0 saturated carbocycles. The maximum absolute atomic E-state index is 13.5. The van der Waals surface area contributed by atoms with E-state index in [2.05, 4.69) is 14.5 Å². The monoisotopic (exact) mass is 434 g/mol. The number of carbonyl (C=O) groups is 1. The second-order valence-corrected chi connectivity index (χ2v) is 7.44. The Balaban J connectivity index is 1.63. The lowest BCUT2D eigenvalue weighted by Crippen LogP contribution is -2.22. The highest BCUT2D eigenvalue weighted by molar-refractivity contribution is 7.90. The molecule has 0 fully saturated rings.